The van der Waals surface area contributed by atoms with Gasteiger partial charge in [0.15, 0.2) is 5.78 Å². The molecule has 0 aliphatic rings. The van der Waals surface area contributed by atoms with E-state index in [1.54, 1.807) is 12.1 Å². The van der Waals surface area contributed by atoms with Crippen LogP contribution in [0.5, 0.6) is 11.5 Å². The smallest absolute Gasteiger partial charge is 0.336 e. The number of carboxylic acid groups (broad SMARTS) is 2. The fraction of sp³-hybridized carbons (Fsp3) is 0.118. The number of rotatable bonds is 6. The number of carbonyl (C=O) groups excluding carboxylic acids is 1. The van der Waals surface area contributed by atoms with Crippen LogP contribution in [0.4, 0.5) is 0 Å². The van der Waals surface area contributed by atoms with E-state index < -0.39 is 23.3 Å². The summed E-state index contributed by atoms with van der Waals surface area (Å²) in [5.41, 5.74) is -0.757. The van der Waals surface area contributed by atoms with Crippen molar-refractivity contribution in [3.8, 4) is 11.5 Å². The molecule has 2 N–H and O–H groups in total. The molecule has 0 aliphatic heterocycles. The van der Waals surface area contributed by atoms with E-state index in [0.717, 1.165) is 12.1 Å². The van der Waals surface area contributed by atoms with Crippen LogP contribution in [0.25, 0.3) is 0 Å². The van der Waals surface area contributed by atoms with E-state index in [2.05, 4.69) is 0 Å². The first kappa shape index (κ1) is 17.0. The second kappa shape index (κ2) is 6.82. The van der Waals surface area contributed by atoms with E-state index in [1.165, 1.54) is 26.4 Å². The molecule has 2 rings (SSSR count). The second-order valence-corrected chi connectivity index (χ2v) is 4.77. The number of hydrogen-bond acceptors (Lipinski definition) is 5. The number of carbonyl (C=O) groups is 3. The van der Waals surface area contributed by atoms with Crippen molar-refractivity contribution in [3.05, 3.63) is 58.7 Å². The lowest BCUT2D eigenvalue weighted by Crippen LogP contribution is -2.14. The van der Waals surface area contributed by atoms with Crippen LogP contribution in [0.2, 0.25) is 0 Å². The molecule has 2 aromatic carbocycles. The third kappa shape index (κ3) is 3.19. The van der Waals surface area contributed by atoms with Gasteiger partial charge in [-0.25, -0.2) is 9.59 Å². The van der Waals surface area contributed by atoms with E-state index in [0.29, 0.717) is 5.75 Å². The van der Waals surface area contributed by atoms with Gasteiger partial charge in [-0.15, -0.1) is 0 Å². The molecule has 0 saturated carbocycles. The standard InChI is InChI=1S/C17H14O7/c1-23-11-5-3-4-9(6-11)15(18)14-12(17(21)22)7-10(16(19)20)8-13(14)24-2/h3-8H,1-2H3,(H,19,20)(H,21,22). The van der Waals surface area contributed by atoms with Gasteiger partial charge in [0.1, 0.15) is 11.5 Å². The summed E-state index contributed by atoms with van der Waals surface area (Å²) in [6.07, 6.45) is 0. The molecule has 7 nitrogen and oxygen atoms in total. The Morgan fingerprint density at radius 2 is 1.58 bits per heavy atom. The summed E-state index contributed by atoms with van der Waals surface area (Å²) in [6, 6.07) is 8.23. The van der Waals surface area contributed by atoms with Crippen LogP contribution in [0.3, 0.4) is 0 Å². The Balaban J connectivity index is 2.69. The Kier molecular flexibility index (Phi) is 4.84. The zero-order valence-corrected chi connectivity index (χ0v) is 12.9. The minimum atomic E-state index is -1.43. The maximum atomic E-state index is 12.8. The molecule has 0 radical (unpaired) electrons. The zero-order valence-electron chi connectivity index (χ0n) is 12.9. The molecule has 7 heteroatoms. The van der Waals surface area contributed by atoms with Gasteiger partial charge in [0.2, 0.25) is 0 Å². The van der Waals surface area contributed by atoms with Crippen LogP contribution < -0.4 is 9.47 Å². The second-order valence-electron chi connectivity index (χ2n) is 4.77. The number of carboxylic acids is 2. The fourth-order valence-corrected chi connectivity index (χ4v) is 2.21. The quantitative estimate of drug-likeness (QED) is 0.782. The van der Waals surface area contributed by atoms with Crippen molar-refractivity contribution in [1.82, 2.24) is 0 Å². The molecule has 24 heavy (non-hydrogen) atoms. The van der Waals surface area contributed by atoms with Crippen LogP contribution in [0, 0.1) is 0 Å². The highest BCUT2D eigenvalue weighted by molar-refractivity contribution is 6.16. The van der Waals surface area contributed by atoms with Gasteiger partial charge in [-0.3, -0.25) is 4.79 Å². The number of aromatic carboxylic acids is 2. The maximum Gasteiger partial charge on any atom is 0.336 e. The van der Waals surface area contributed by atoms with E-state index in [1.807, 2.05) is 0 Å². The molecular formula is C17H14O7. The van der Waals surface area contributed by atoms with Crippen LogP contribution in [-0.2, 0) is 0 Å². The average Bonchev–Trinajstić information content (AvgIpc) is 2.59. The van der Waals surface area contributed by atoms with Gasteiger partial charge < -0.3 is 19.7 Å². The monoisotopic (exact) mass is 330 g/mol. The van der Waals surface area contributed by atoms with Crippen molar-refractivity contribution in [2.45, 2.75) is 0 Å². The van der Waals surface area contributed by atoms with Crippen molar-refractivity contribution >= 4 is 17.7 Å². The first-order chi connectivity index (χ1) is 11.4. The Morgan fingerprint density at radius 1 is 0.875 bits per heavy atom. The molecular weight excluding hydrogens is 316 g/mol. The Labute approximate surface area is 137 Å². The van der Waals surface area contributed by atoms with Gasteiger partial charge in [-0.05, 0) is 24.3 Å². The largest absolute Gasteiger partial charge is 0.497 e. The van der Waals surface area contributed by atoms with Gasteiger partial charge in [0.05, 0.1) is 30.9 Å². The van der Waals surface area contributed by atoms with Crippen molar-refractivity contribution in [2.75, 3.05) is 14.2 Å². The number of hydrogen-bond donors (Lipinski definition) is 2. The maximum absolute atomic E-state index is 12.8. The lowest BCUT2D eigenvalue weighted by atomic mass is 9.95. The van der Waals surface area contributed by atoms with Crippen LogP contribution >= 0.6 is 0 Å². The Morgan fingerprint density at radius 3 is 2.12 bits per heavy atom. The van der Waals surface area contributed by atoms with Gasteiger partial charge in [-0.1, -0.05) is 12.1 Å². The van der Waals surface area contributed by atoms with Crippen LogP contribution in [-0.4, -0.2) is 42.2 Å². The molecule has 2 aromatic rings. The summed E-state index contributed by atoms with van der Waals surface area (Å²) in [4.78, 5) is 35.4. The third-order valence-corrected chi connectivity index (χ3v) is 3.36. The van der Waals surface area contributed by atoms with E-state index in [9.17, 15) is 19.5 Å². The first-order valence-electron chi connectivity index (χ1n) is 6.76. The molecule has 0 fully saturated rings. The molecule has 0 aromatic heterocycles. The third-order valence-electron chi connectivity index (χ3n) is 3.36. The Hall–Kier alpha value is -3.35. The Bertz CT molecular complexity index is 824. The minimum absolute atomic E-state index is 0.125. The summed E-state index contributed by atoms with van der Waals surface area (Å²) in [5.74, 6) is -3.06. The van der Waals surface area contributed by atoms with Crippen molar-refractivity contribution in [2.24, 2.45) is 0 Å². The molecule has 0 atom stereocenters. The van der Waals surface area contributed by atoms with Crippen LogP contribution in [0.15, 0.2) is 36.4 Å². The molecule has 0 heterocycles. The van der Waals surface area contributed by atoms with Gasteiger partial charge in [-0.2, -0.15) is 0 Å². The van der Waals surface area contributed by atoms with Gasteiger partial charge >= 0.3 is 11.9 Å². The van der Waals surface area contributed by atoms with E-state index >= 15 is 0 Å². The number of methoxy groups -OCH3 is 2. The first-order valence-corrected chi connectivity index (χ1v) is 6.76. The van der Waals surface area contributed by atoms with E-state index in [-0.39, 0.29) is 22.4 Å². The topological polar surface area (TPSA) is 110 Å². The summed E-state index contributed by atoms with van der Waals surface area (Å²) >= 11 is 0. The molecule has 0 unspecified atom stereocenters. The SMILES string of the molecule is COc1cccc(C(=O)c2c(OC)cc(C(=O)O)cc2C(=O)O)c1. The summed E-state index contributed by atoms with van der Waals surface area (Å²) in [5, 5.41) is 18.4. The zero-order chi connectivity index (χ0) is 17.9. The molecule has 0 aliphatic carbocycles. The summed E-state index contributed by atoms with van der Waals surface area (Å²) < 4.78 is 10.1. The van der Waals surface area contributed by atoms with Crippen molar-refractivity contribution < 1.29 is 34.1 Å². The normalized spacial score (nSPS) is 10.1. The average molecular weight is 330 g/mol. The predicted molar refractivity (Wildman–Crippen MR) is 83.3 cm³/mol. The highest BCUT2D eigenvalue weighted by Crippen LogP contribution is 2.28. The highest BCUT2D eigenvalue weighted by atomic mass is 16.5. The van der Waals surface area contributed by atoms with Crippen molar-refractivity contribution in [3.63, 3.8) is 0 Å². The minimum Gasteiger partial charge on any atom is -0.497 e. The lowest BCUT2D eigenvalue weighted by molar-refractivity contribution is 0.0692. The summed E-state index contributed by atoms with van der Waals surface area (Å²) in [7, 11) is 2.67. The fourth-order valence-electron chi connectivity index (χ4n) is 2.21. The molecule has 124 valence electrons. The number of ketones is 1. The number of benzene rings is 2. The highest BCUT2D eigenvalue weighted by Gasteiger charge is 2.25. The van der Waals surface area contributed by atoms with E-state index in [4.69, 9.17) is 14.6 Å². The summed E-state index contributed by atoms with van der Waals surface area (Å²) in [6.45, 7) is 0. The predicted octanol–water partition coefficient (Wildman–Crippen LogP) is 2.33. The van der Waals surface area contributed by atoms with Gasteiger partial charge in [0.25, 0.3) is 0 Å². The molecule has 0 spiro atoms. The number of ether oxygens (including phenoxy) is 2. The molecule has 0 bridgehead atoms. The van der Waals surface area contributed by atoms with Gasteiger partial charge in [0, 0.05) is 5.56 Å². The van der Waals surface area contributed by atoms with Crippen molar-refractivity contribution in [1.29, 1.82) is 0 Å². The molecule has 0 saturated heterocycles. The lowest BCUT2D eigenvalue weighted by Gasteiger charge is -2.13. The molecule has 0 amide bonds. The van der Waals surface area contributed by atoms with Crippen LogP contribution in [0.1, 0.15) is 36.6 Å².